The first-order valence-corrected chi connectivity index (χ1v) is 11.6. The highest BCUT2D eigenvalue weighted by molar-refractivity contribution is 5.78. The summed E-state index contributed by atoms with van der Waals surface area (Å²) < 4.78 is 10.9. The Labute approximate surface area is 190 Å². The van der Waals surface area contributed by atoms with Crippen molar-refractivity contribution in [1.29, 1.82) is 0 Å². The molecule has 2 atom stereocenters. The van der Waals surface area contributed by atoms with Gasteiger partial charge in [-0.3, -0.25) is 14.7 Å². The molecule has 7 heteroatoms. The normalized spacial score (nSPS) is 20.5. The van der Waals surface area contributed by atoms with Crippen LogP contribution in [0.4, 0.5) is 0 Å². The summed E-state index contributed by atoms with van der Waals surface area (Å²) in [6.45, 7) is 5.67. The molecule has 1 aromatic carbocycles. The van der Waals surface area contributed by atoms with Crippen LogP contribution in [0.1, 0.15) is 36.4 Å². The van der Waals surface area contributed by atoms with E-state index in [2.05, 4.69) is 44.4 Å². The third-order valence-corrected chi connectivity index (χ3v) is 6.52. The molecule has 0 saturated carbocycles. The number of carbonyl (C=O) groups is 1. The SMILES string of the molecule is COc1cccc(CNCC[C@@H]2CCC(=O)N2C[C@H](c2ccncc2)N2CCOCC2)c1. The first-order valence-electron chi connectivity index (χ1n) is 11.6. The highest BCUT2D eigenvalue weighted by Crippen LogP contribution is 2.28. The second kappa shape index (κ2) is 11.4. The summed E-state index contributed by atoms with van der Waals surface area (Å²) in [7, 11) is 1.69. The molecule has 0 bridgehead atoms. The van der Waals surface area contributed by atoms with Crippen molar-refractivity contribution in [2.24, 2.45) is 0 Å². The van der Waals surface area contributed by atoms with E-state index in [1.807, 2.05) is 24.5 Å². The number of nitrogens with one attached hydrogen (secondary N) is 1. The lowest BCUT2D eigenvalue weighted by Gasteiger charge is -2.38. The second-order valence-electron chi connectivity index (χ2n) is 8.50. The van der Waals surface area contributed by atoms with Crippen LogP contribution in [0.25, 0.3) is 0 Å². The number of methoxy groups -OCH3 is 1. The van der Waals surface area contributed by atoms with Gasteiger partial charge in [-0.1, -0.05) is 12.1 Å². The monoisotopic (exact) mass is 438 g/mol. The Bertz CT molecular complexity index is 857. The highest BCUT2D eigenvalue weighted by atomic mass is 16.5. The quantitative estimate of drug-likeness (QED) is 0.576. The molecule has 2 aromatic rings. The first-order chi connectivity index (χ1) is 15.7. The first kappa shape index (κ1) is 22.7. The van der Waals surface area contributed by atoms with Crippen molar-refractivity contribution in [1.82, 2.24) is 20.1 Å². The largest absolute Gasteiger partial charge is 0.497 e. The van der Waals surface area contributed by atoms with Crippen LogP contribution in [0, 0.1) is 0 Å². The van der Waals surface area contributed by atoms with Crippen LogP contribution in [0.5, 0.6) is 5.75 Å². The fourth-order valence-electron chi connectivity index (χ4n) is 4.72. The molecule has 4 rings (SSSR count). The number of morpholine rings is 1. The number of nitrogens with zero attached hydrogens (tertiary/aromatic N) is 3. The standard InChI is InChI=1S/C25H34N4O3/c1-31-23-4-2-3-20(17-23)18-27-12-9-22-5-6-25(30)29(22)19-24(21-7-10-26-11-8-21)28-13-15-32-16-14-28/h2-4,7-8,10-11,17,22,24,27H,5-6,9,12-16,18-19H2,1H3/t22-,24+/m0/s1. The molecule has 3 heterocycles. The topological polar surface area (TPSA) is 66.9 Å². The third kappa shape index (κ3) is 5.85. The molecule has 2 aliphatic heterocycles. The predicted molar refractivity (Wildman–Crippen MR) is 123 cm³/mol. The Morgan fingerprint density at radius 2 is 2.03 bits per heavy atom. The Morgan fingerprint density at radius 1 is 1.22 bits per heavy atom. The van der Waals surface area contributed by atoms with Gasteiger partial charge in [-0.15, -0.1) is 0 Å². The van der Waals surface area contributed by atoms with Gasteiger partial charge in [0.15, 0.2) is 0 Å². The molecule has 2 saturated heterocycles. The van der Waals surface area contributed by atoms with Gasteiger partial charge in [0.1, 0.15) is 5.75 Å². The van der Waals surface area contributed by atoms with Gasteiger partial charge in [-0.05, 0) is 54.8 Å². The Morgan fingerprint density at radius 3 is 2.81 bits per heavy atom. The molecule has 0 unspecified atom stereocenters. The van der Waals surface area contributed by atoms with Crippen molar-refractivity contribution in [2.45, 2.75) is 37.9 Å². The number of ether oxygens (including phenoxy) is 2. The van der Waals surface area contributed by atoms with E-state index in [4.69, 9.17) is 9.47 Å². The zero-order valence-corrected chi connectivity index (χ0v) is 18.9. The van der Waals surface area contributed by atoms with E-state index in [-0.39, 0.29) is 18.0 Å². The number of pyridine rings is 1. The van der Waals surface area contributed by atoms with Crippen LogP contribution >= 0.6 is 0 Å². The van der Waals surface area contributed by atoms with Gasteiger partial charge in [0.05, 0.1) is 26.4 Å². The Balaban J connectivity index is 1.35. The summed E-state index contributed by atoms with van der Waals surface area (Å²) in [5, 5.41) is 3.53. The lowest BCUT2D eigenvalue weighted by molar-refractivity contribution is -0.130. The number of amides is 1. The summed E-state index contributed by atoms with van der Waals surface area (Å²) in [6, 6.07) is 12.7. The van der Waals surface area contributed by atoms with Gasteiger partial charge in [-0.2, -0.15) is 0 Å². The van der Waals surface area contributed by atoms with Gasteiger partial charge in [0.25, 0.3) is 0 Å². The smallest absolute Gasteiger partial charge is 0.222 e. The van der Waals surface area contributed by atoms with E-state index in [0.717, 1.165) is 64.5 Å². The average Bonchev–Trinajstić information content (AvgIpc) is 3.20. The number of likely N-dealkylation sites (tertiary alicyclic amines) is 1. The maximum absolute atomic E-state index is 12.8. The number of hydrogen-bond acceptors (Lipinski definition) is 6. The van der Waals surface area contributed by atoms with Crippen LogP contribution in [0.15, 0.2) is 48.8 Å². The molecule has 2 aliphatic rings. The average molecular weight is 439 g/mol. The van der Waals surface area contributed by atoms with Crippen LogP contribution in [-0.4, -0.2) is 73.2 Å². The minimum Gasteiger partial charge on any atom is -0.497 e. The van der Waals surface area contributed by atoms with E-state index in [9.17, 15) is 4.79 Å². The lowest BCUT2D eigenvalue weighted by Crippen LogP contribution is -2.46. The molecule has 2 fully saturated rings. The van der Waals surface area contributed by atoms with E-state index in [0.29, 0.717) is 6.42 Å². The zero-order chi connectivity index (χ0) is 22.2. The van der Waals surface area contributed by atoms with Crippen molar-refractivity contribution in [3.05, 3.63) is 59.9 Å². The van der Waals surface area contributed by atoms with Crippen molar-refractivity contribution < 1.29 is 14.3 Å². The Hall–Kier alpha value is -2.48. The van der Waals surface area contributed by atoms with E-state index < -0.39 is 0 Å². The third-order valence-electron chi connectivity index (χ3n) is 6.52. The molecule has 1 amide bonds. The maximum Gasteiger partial charge on any atom is 0.222 e. The van der Waals surface area contributed by atoms with Crippen molar-refractivity contribution >= 4 is 5.91 Å². The molecule has 1 aromatic heterocycles. The Kier molecular flexibility index (Phi) is 8.09. The van der Waals surface area contributed by atoms with E-state index in [1.165, 1.54) is 11.1 Å². The maximum atomic E-state index is 12.8. The van der Waals surface area contributed by atoms with Crippen molar-refractivity contribution in [3.8, 4) is 5.75 Å². The van der Waals surface area contributed by atoms with Crippen LogP contribution < -0.4 is 10.1 Å². The number of carbonyl (C=O) groups excluding carboxylic acids is 1. The summed E-state index contributed by atoms with van der Waals surface area (Å²) in [5.74, 6) is 1.15. The molecule has 0 radical (unpaired) electrons. The number of benzene rings is 1. The number of aromatic nitrogens is 1. The van der Waals surface area contributed by atoms with Gasteiger partial charge in [0, 0.05) is 51.0 Å². The fraction of sp³-hybridized carbons (Fsp3) is 0.520. The van der Waals surface area contributed by atoms with Crippen LogP contribution in [0.3, 0.4) is 0 Å². The van der Waals surface area contributed by atoms with Gasteiger partial charge in [-0.25, -0.2) is 0 Å². The number of rotatable bonds is 10. The molecule has 7 nitrogen and oxygen atoms in total. The minimum absolute atomic E-state index is 0.177. The molecular weight excluding hydrogens is 404 g/mol. The zero-order valence-electron chi connectivity index (χ0n) is 18.9. The van der Waals surface area contributed by atoms with Crippen LogP contribution in [0.2, 0.25) is 0 Å². The lowest BCUT2D eigenvalue weighted by atomic mass is 10.0. The van der Waals surface area contributed by atoms with Gasteiger partial charge < -0.3 is 19.7 Å². The summed E-state index contributed by atoms with van der Waals surface area (Å²) in [5.41, 5.74) is 2.42. The molecule has 0 aliphatic carbocycles. The molecule has 32 heavy (non-hydrogen) atoms. The molecule has 0 spiro atoms. The highest BCUT2D eigenvalue weighted by Gasteiger charge is 2.34. The predicted octanol–water partition coefficient (Wildman–Crippen LogP) is 2.63. The molecular formula is C25H34N4O3. The summed E-state index contributed by atoms with van der Waals surface area (Å²) in [6.07, 6.45) is 6.23. The van der Waals surface area contributed by atoms with Gasteiger partial charge >= 0.3 is 0 Å². The fourth-order valence-corrected chi connectivity index (χ4v) is 4.72. The van der Waals surface area contributed by atoms with Crippen molar-refractivity contribution in [3.63, 3.8) is 0 Å². The minimum atomic E-state index is 0.177. The summed E-state index contributed by atoms with van der Waals surface area (Å²) >= 11 is 0. The summed E-state index contributed by atoms with van der Waals surface area (Å²) in [4.78, 5) is 21.5. The molecule has 172 valence electrons. The number of hydrogen-bond donors (Lipinski definition) is 1. The van der Waals surface area contributed by atoms with Crippen LogP contribution in [-0.2, 0) is 16.1 Å². The van der Waals surface area contributed by atoms with E-state index in [1.54, 1.807) is 7.11 Å². The van der Waals surface area contributed by atoms with Crippen molar-refractivity contribution in [2.75, 3.05) is 46.5 Å². The van der Waals surface area contributed by atoms with E-state index >= 15 is 0 Å². The molecule has 1 N–H and O–H groups in total. The van der Waals surface area contributed by atoms with Gasteiger partial charge in [0.2, 0.25) is 5.91 Å². The second-order valence-corrected chi connectivity index (χ2v) is 8.50.